The molecule has 0 bridgehead atoms. The minimum Gasteiger partial charge on any atom is -0.493 e. The second-order valence-corrected chi connectivity index (χ2v) is 5.27. The Balaban J connectivity index is 2.37. The lowest BCUT2D eigenvalue weighted by atomic mass is 9.99. The number of ether oxygens (including phenoxy) is 2. The van der Waals surface area contributed by atoms with Gasteiger partial charge in [0.2, 0.25) is 0 Å². The van der Waals surface area contributed by atoms with Gasteiger partial charge in [-0.1, -0.05) is 0 Å². The Kier molecular flexibility index (Phi) is 4.26. The topological polar surface area (TPSA) is 48.4 Å². The maximum Gasteiger partial charge on any atom is 0.163 e. The van der Waals surface area contributed by atoms with E-state index in [1.807, 2.05) is 26.0 Å². The van der Waals surface area contributed by atoms with Gasteiger partial charge in [-0.3, -0.25) is 9.78 Å². The van der Waals surface area contributed by atoms with Crippen LogP contribution in [0, 0.1) is 0 Å². The fraction of sp³-hybridized carbons (Fsp3) is 0.294. The van der Waals surface area contributed by atoms with Crippen molar-refractivity contribution in [2.45, 2.75) is 26.4 Å². The summed E-state index contributed by atoms with van der Waals surface area (Å²) in [7, 11) is 1.58. The van der Waals surface area contributed by atoms with Crippen LogP contribution in [0.2, 0.25) is 0 Å². The Morgan fingerprint density at radius 1 is 1.10 bits per heavy atom. The lowest BCUT2D eigenvalue weighted by molar-refractivity contribution is 0.0991. The Morgan fingerprint density at radius 3 is 2.33 bits per heavy atom. The van der Waals surface area contributed by atoms with E-state index < -0.39 is 5.60 Å². The van der Waals surface area contributed by atoms with Crippen LogP contribution in [0.4, 0.5) is 0 Å². The van der Waals surface area contributed by atoms with E-state index >= 15 is 0 Å². The highest BCUT2D eigenvalue weighted by Gasteiger charge is 2.24. The molecule has 0 saturated carbocycles. The molecule has 0 fully saturated rings. The van der Waals surface area contributed by atoms with Crippen LogP contribution in [-0.4, -0.2) is 17.9 Å². The molecule has 0 aliphatic heterocycles. The standard InChI is InChI=1S/C17H19NO3/c1-12(19)13-5-6-15(20-4)16(11-13)21-17(2,3)14-7-9-18-10-8-14/h5-11H,1-4H3. The number of carbonyl (C=O) groups excluding carboxylic acids is 1. The van der Waals surface area contributed by atoms with Crippen molar-refractivity contribution in [2.24, 2.45) is 0 Å². The molecule has 2 rings (SSSR count). The minimum atomic E-state index is -0.564. The van der Waals surface area contributed by atoms with Gasteiger partial charge in [-0.25, -0.2) is 0 Å². The summed E-state index contributed by atoms with van der Waals surface area (Å²) in [5.74, 6) is 1.14. The molecule has 2 aromatic rings. The first kappa shape index (κ1) is 15.0. The fourth-order valence-electron chi connectivity index (χ4n) is 2.06. The Hall–Kier alpha value is -2.36. The first-order valence-corrected chi connectivity index (χ1v) is 6.72. The minimum absolute atomic E-state index is 0.00998. The first-order valence-electron chi connectivity index (χ1n) is 6.72. The Morgan fingerprint density at radius 2 is 1.76 bits per heavy atom. The molecule has 4 nitrogen and oxygen atoms in total. The second kappa shape index (κ2) is 5.95. The van der Waals surface area contributed by atoms with E-state index in [0.717, 1.165) is 5.56 Å². The number of aromatic nitrogens is 1. The van der Waals surface area contributed by atoms with Gasteiger partial charge < -0.3 is 9.47 Å². The summed E-state index contributed by atoms with van der Waals surface area (Å²) in [4.78, 5) is 15.5. The van der Waals surface area contributed by atoms with Crippen LogP contribution < -0.4 is 9.47 Å². The van der Waals surface area contributed by atoms with Gasteiger partial charge in [0, 0.05) is 18.0 Å². The number of carbonyl (C=O) groups is 1. The SMILES string of the molecule is COc1ccc(C(C)=O)cc1OC(C)(C)c1ccncc1. The molecule has 0 radical (unpaired) electrons. The molecule has 0 aliphatic carbocycles. The van der Waals surface area contributed by atoms with Crippen LogP contribution in [0.3, 0.4) is 0 Å². The van der Waals surface area contributed by atoms with Gasteiger partial charge in [0.25, 0.3) is 0 Å². The molecule has 1 heterocycles. The van der Waals surface area contributed by atoms with E-state index in [1.54, 1.807) is 37.7 Å². The van der Waals surface area contributed by atoms with Gasteiger partial charge in [0.1, 0.15) is 5.60 Å². The molecule has 0 unspecified atom stereocenters. The zero-order valence-corrected chi connectivity index (χ0v) is 12.7. The molecule has 0 saturated heterocycles. The summed E-state index contributed by atoms with van der Waals surface area (Å²) >= 11 is 0. The summed E-state index contributed by atoms with van der Waals surface area (Å²) in [6.45, 7) is 5.45. The largest absolute Gasteiger partial charge is 0.493 e. The normalized spacial score (nSPS) is 11.0. The van der Waals surface area contributed by atoms with Crippen LogP contribution in [-0.2, 0) is 5.60 Å². The number of nitrogens with zero attached hydrogens (tertiary/aromatic N) is 1. The van der Waals surface area contributed by atoms with Crippen molar-refractivity contribution in [3.63, 3.8) is 0 Å². The lowest BCUT2D eigenvalue weighted by Crippen LogP contribution is -2.25. The van der Waals surface area contributed by atoms with Crippen LogP contribution in [0.5, 0.6) is 11.5 Å². The second-order valence-electron chi connectivity index (χ2n) is 5.27. The predicted octanol–water partition coefficient (Wildman–Crippen LogP) is 3.61. The summed E-state index contributed by atoms with van der Waals surface area (Å²) in [5, 5.41) is 0. The number of pyridine rings is 1. The van der Waals surface area contributed by atoms with Gasteiger partial charge in [0.15, 0.2) is 17.3 Å². The quantitative estimate of drug-likeness (QED) is 0.787. The highest BCUT2D eigenvalue weighted by molar-refractivity contribution is 5.94. The lowest BCUT2D eigenvalue weighted by Gasteiger charge is -2.28. The maximum absolute atomic E-state index is 11.5. The predicted molar refractivity (Wildman–Crippen MR) is 80.9 cm³/mol. The summed E-state index contributed by atoms with van der Waals surface area (Å²) in [6, 6.07) is 8.99. The number of hydrogen-bond acceptors (Lipinski definition) is 4. The number of ketones is 1. The third-order valence-corrected chi connectivity index (χ3v) is 3.31. The molecule has 110 valence electrons. The molecule has 1 aromatic carbocycles. The molecule has 1 aromatic heterocycles. The average molecular weight is 285 g/mol. The van der Waals surface area contributed by atoms with Crippen LogP contribution >= 0.6 is 0 Å². The van der Waals surface area contributed by atoms with Gasteiger partial charge in [-0.2, -0.15) is 0 Å². The molecular weight excluding hydrogens is 266 g/mol. The molecule has 0 spiro atoms. The number of Topliss-reactive ketones (excluding diaryl/α,β-unsaturated/α-hetero) is 1. The molecular formula is C17H19NO3. The number of benzene rings is 1. The van der Waals surface area contributed by atoms with Crippen LogP contribution in [0.1, 0.15) is 36.7 Å². The van der Waals surface area contributed by atoms with Gasteiger partial charge in [-0.05, 0) is 56.7 Å². The highest BCUT2D eigenvalue weighted by atomic mass is 16.5. The Bertz CT molecular complexity index is 636. The molecule has 0 atom stereocenters. The van der Waals surface area contributed by atoms with Crippen LogP contribution in [0.15, 0.2) is 42.7 Å². The van der Waals surface area contributed by atoms with Crippen LogP contribution in [0.25, 0.3) is 0 Å². The number of rotatable bonds is 5. The third kappa shape index (κ3) is 3.40. The maximum atomic E-state index is 11.5. The van der Waals surface area contributed by atoms with Crippen molar-refractivity contribution in [1.29, 1.82) is 0 Å². The highest BCUT2D eigenvalue weighted by Crippen LogP contribution is 2.34. The monoisotopic (exact) mass is 285 g/mol. The third-order valence-electron chi connectivity index (χ3n) is 3.31. The van der Waals surface area contributed by atoms with Crippen molar-refractivity contribution in [2.75, 3.05) is 7.11 Å². The molecule has 4 heteroatoms. The number of methoxy groups -OCH3 is 1. The molecule has 0 amide bonds. The van der Waals surface area contributed by atoms with Gasteiger partial charge in [-0.15, -0.1) is 0 Å². The fourth-order valence-corrected chi connectivity index (χ4v) is 2.06. The van der Waals surface area contributed by atoms with E-state index in [2.05, 4.69) is 4.98 Å². The van der Waals surface area contributed by atoms with E-state index in [0.29, 0.717) is 17.1 Å². The van der Waals surface area contributed by atoms with E-state index in [1.165, 1.54) is 6.92 Å². The van der Waals surface area contributed by atoms with E-state index in [9.17, 15) is 4.79 Å². The van der Waals surface area contributed by atoms with E-state index in [-0.39, 0.29) is 5.78 Å². The molecule has 0 aliphatic rings. The van der Waals surface area contributed by atoms with Crippen molar-refractivity contribution in [3.05, 3.63) is 53.9 Å². The zero-order valence-electron chi connectivity index (χ0n) is 12.7. The van der Waals surface area contributed by atoms with E-state index in [4.69, 9.17) is 9.47 Å². The van der Waals surface area contributed by atoms with Crippen molar-refractivity contribution < 1.29 is 14.3 Å². The molecule has 21 heavy (non-hydrogen) atoms. The molecule has 0 N–H and O–H groups in total. The van der Waals surface area contributed by atoms with Crippen molar-refractivity contribution in [3.8, 4) is 11.5 Å². The van der Waals surface area contributed by atoms with Crippen molar-refractivity contribution >= 4 is 5.78 Å². The summed E-state index contributed by atoms with van der Waals surface area (Å²) in [6.07, 6.45) is 3.45. The average Bonchev–Trinajstić information content (AvgIpc) is 2.47. The van der Waals surface area contributed by atoms with Gasteiger partial charge in [0.05, 0.1) is 7.11 Å². The summed E-state index contributed by atoms with van der Waals surface area (Å²) < 4.78 is 11.4. The van der Waals surface area contributed by atoms with Crippen molar-refractivity contribution in [1.82, 2.24) is 4.98 Å². The van der Waals surface area contributed by atoms with Gasteiger partial charge >= 0.3 is 0 Å². The number of hydrogen-bond donors (Lipinski definition) is 0. The first-order chi connectivity index (χ1) is 9.94. The Labute approximate surface area is 124 Å². The zero-order chi connectivity index (χ0) is 15.5. The summed E-state index contributed by atoms with van der Waals surface area (Å²) in [5.41, 5.74) is 1.02. The smallest absolute Gasteiger partial charge is 0.163 e.